The summed E-state index contributed by atoms with van der Waals surface area (Å²) in [5.41, 5.74) is 1.59. The van der Waals surface area contributed by atoms with Crippen molar-refractivity contribution in [2.75, 3.05) is 20.8 Å². The molecule has 0 aliphatic heterocycles. The summed E-state index contributed by atoms with van der Waals surface area (Å²) in [6, 6.07) is 12.4. The summed E-state index contributed by atoms with van der Waals surface area (Å²) in [6.45, 7) is 2.74. The molecule has 2 aromatic carbocycles. The Morgan fingerprint density at radius 2 is 1.62 bits per heavy atom. The maximum absolute atomic E-state index is 14.3. The van der Waals surface area contributed by atoms with Crippen molar-refractivity contribution >= 4 is 0 Å². The second-order valence-corrected chi connectivity index (χ2v) is 4.65. The van der Waals surface area contributed by atoms with E-state index >= 15 is 0 Å². The highest BCUT2D eigenvalue weighted by atomic mass is 19.1. The molecule has 0 aliphatic rings. The van der Waals surface area contributed by atoms with E-state index in [1.807, 2.05) is 31.2 Å². The van der Waals surface area contributed by atoms with Gasteiger partial charge in [0.05, 0.1) is 20.3 Å². The van der Waals surface area contributed by atoms with Crippen LogP contribution in [0, 0.1) is 5.82 Å². The number of rotatable bonds is 6. The van der Waals surface area contributed by atoms with Crippen LogP contribution in [0.15, 0.2) is 42.5 Å². The number of halogens is 1. The SMILES string of the molecule is CCNC(c1ccc(OC)cc1)c1ccc(OC)cc1F. The van der Waals surface area contributed by atoms with Gasteiger partial charge in [0.25, 0.3) is 0 Å². The van der Waals surface area contributed by atoms with Crippen molar-refractivity contribution in [1.82, 2.24) is 5.32 Å². The molecule has 0 aliphatic carbocycles. The molecule has 0 saturated carbocycles. The monoisotopic (exact) mass is 289 g/mol. The average Bonchev–Trinajstić information content (AvgIpc) is 2.53. The van der Waals surface area contributed by atoms with Crippen molar-refractivity contribution < 1.29 is 13.9 Å². The zero-order valence-electron chi connectivity index (χ0n) is 12.5. The highest BCUT2D eigenvalue weighted by molar-refractivity contribution is 5.38. The largest absolute Gasteiger partial charge is 0.497 e. The first kappa shape index (κ1) is 15.3. The topological polar surface area (TPSA) is 30.5 Å². The number of hydrogen-bond donors (Lipinski definition) is 1. The van der Waals surface area contributed by atoms with E-state index < -0.39 is 0 Å². The second-order valence-electron chi connectivity index (χ2n) is 4.65. The van der Waals surface area contributed by atoms with Crippen molar-refractivity contribution in [2.45, 2.75) is 13.0 Å². The van der Waals surface area contributed by atoms with Crippen LogP contribution < -0.4 is 14.8 Å². The van der Waals surface area contributed by atoms with Gasteiger partial charge in [-0.25, -0.2) is 4.39 Å². The highest BCUT2D eigenvalue weighted by Crippen LogP contribution is 2.28. The summed E-state index contributed by atoms with van der Waals surface area (Å²) in [5.74, 6) is 1.02. The zero-order valence-corrected chi connectivity index (χ0v) is 12.5. The summed E-state index contributed by atoms with van der Waals surface area (Å²) in [6.07, 6.45) is 0. The molecule has 0 bridgehead atoms. The fourth-order valence-corrected chi connectivity index (χ4v) is 2.28. The van der Waals surface area contributed by atoms with E-state index in [0.717, 1.165) is 17.9 Å². The maximum atomic E-state index is 14.3. The Labute approximate surface area is 124 Å². The predicted octanol–water partition coefficient (Wildman–Crippen LogP) is 3.54. The van der Waals surface area contributed by atoms with Crippen molar-refractivity contribution in [3.05, 3.63) is 59.4 Å². The lowest BCUT2D eigenvalue weighted by molar-refractivity contribution is 0.410. The third-order valence-corrected chi connectivity index (χ3v) is 3.38. The van der Waals surface area contributed by atoms with Gasteiger partial charge in [-0.15, -0.1) is 0 Å². The van der Waals surface area contributed by atoms with Gasteiger partial charge in [0.1, 0.15) is 17.3 Å². The van der Waals surface area contributed by atoms with Crippen LogP contribution in [-0.4, -0.2) is 20.8 Å². The summed E-state index contributed by atoms with van der Waals surface area (Å²) >= 11 is 0. The average molecular weight is 289 g/mol. The Morgan fingerprint density at radius 1 is 1.00 bits per heavy atom. The molecular formula is C17H20FNO2. The quantitative estimate of drug-likeness (QED) is 0.882. The van der Waals surface area contributed by atoms with Gasteiger partial charge in [-0.05, 0) is 30.3 Å². The standard InChI is InChI=1S/C17H20FNO2/c1-4-19-17(12-5-7-13(20-2)8-6-12)15-10-9-14(21-3)11-16(15)18/h5-11,17,19H,4H2,1-3H3. The molecule has 1 atom stereocenters. The molecule has 0 radical (unpaired) electrons. The van der Waals surface area contributed by atoms with Crippen molar-refractivity contribution in [3.63, 3.8) is 0 Å². The first-order chi connectivity index (χ1) is 10.2. The van der Waals surface area contributed by atoms with Crippen LogP contribution in [0.3, 0.4) is 0 Å². The van der Waals surface area contributed by atoms with Gasteiger partial charge >= 0.3 is 0 Å². The Bertz CT molecular complexity index is 584. The summed E-state index contributed by atoms with van der Waals surface area (Å²) in [4.78, 5) is 0. The number of benzene rings is 2. The van der Waals surface area contributed by atoms with Gasteiger partial charge < -0.3 is 14.8 Å². The van der Waals surface area contributed by atoms with Crippen LogP contribution in [0.1, 0.15) is 24.1 Å². The van der Waals surface area contributed by atoms with Crippen LogP contribution in [0.2, 0.25) is 0 Å². The van der Waals surface area contributed by atoms with Crippen LogP contribution in [-0.2, 0) is 0 Å². The normalized spacial score (nSPS) is 12.0. The van der Waals surface area contributed by atoms with E-state index in [1.165, 1.54) is 13.2 Å². The van der Waals surface area contributed by atoms with E-state index in [-0.39, 0.29) is 11.9 Å². The smallest absolute Gasteiger partial charge is 0.132 e. The third-order valence-electron chi connectivity index (χ3n) is 3.38. The highest BCUT2D eigenvalue weighted by Gasteiger charge is 2.17. The molecule has 0 heterocycles. The molecule has 0 amide bonds. The molecule has 1 unspecified atom stereocenters. The molecule has 1 N–H and O–H groups in total. The predicted molar refractivity (Wildman–Crippen MR) is 81.5 cm³/mol. The zero-order chi connectivity index (χ0) is 15.2. The Kier molecular flexibility index (Phi) is 5.17. The molecule has 2 rings (SSSR count). The minimum atomic E-state index is -0.281. The first-order valence-corrected chi connectivity index (χ1v) is 6.90. The maximum Gasteiger partial charge on any atom is 0.132 e. The van der Waals surface area contributed by atoms with Gasteiger partial charge in [0.15, 0.2) is 0 Å². The molecule has 2 aromatic rings. The summed E-state index contributed by atoms with van der Waals surface area (Å²) in [5, 5.41) is 3.31. The second kappa shape index (κ2) is 7.09. The van der Waals surface area contributed by atoms with Gasteiger partial charge in [-0.3, -0.25) is 0 Å². The fraction of sp³-hybridized carbons (Fsp3) is 0.294. The molecule has 4 heteroatoms. The van der Waals surface area contributed by atoms with E-state index in [2.05, 4.69) is 5.32 Å². The van der Waals surface area contributed by atoms with E-state index in [1.54, 1.807) is 19.2 Å². The van der Waals surface area contributed by atoms with Crippen molar-refractivity contribution in [2.24, 2.45) is 0 Å². The molecule has 21 heavy (non-hydrogen) atoms. The molecule has 3 nitrogen and oxygen atoms in total. The minimum absolute atomic E-state index is 0.202. The van der Waals surface area contributed by atoms with E-state index in [9.17, 15) is 4.39 Å². The molecule has 0 spiro atoms. The first-order valence-electron chi connectivity index (χ1n) is 6.90. The number of ether oxygens (including phenoxy) is 2. The van der Waals surface area contributed by atoms with Gasteiger partial charge in [-0.1, -0.05) is 25.1 Å². The molecule has 112 valence electrons. The number of methoxy groups -OCH3 is 2. The number of nitrogens with one attached hydrogen (secondary N) is 1. The van der Waals surface area contributed by atoms with Crippen LogP contribution in [0.25, 0.3) is 0 Å². The Hall–Kier alpha value is -2.07. The van der Waals surface area contributed by atoms with Crippen molar-refractivity contribution in [1.29, 1.82) is 0 Å². The molecule has 0 fully saturated rings. The van der Waals surface area contributed by atoms with E-state index in [0.29, 0.717) is 11.3 Å². The van der Waals surface area contributed by atoms with Gasteiger partial charge in [-0.2, -0.15) is 0 Å². The van der Waals surface area contributed by atoms with Crippen LogP contribution >= 0.6 is 0 Å². The van der Waals surface area contributed by atoms with Gasteiger partial charge in [0.2, 0.25) is 0 Å². The van der Waals surface area contributed by atoms with E-state index in [4.69, 9.17) is 9.47 Å². The van der Waals surface area contributed by atoms with Crippen LogP contribution in [0.5, 0.6) is 11.5 Å². The number of hydrogen-bond acceptors (Lipinski definition) is 3. The minimum Gasteiger partial charge on any atom is -0.497 e. The third kappa shape index (κ3) is 3.52. The summed E-state index contributed by atoms with van der Waals surface area (Å²) < 4.78 is 24.5. The lowest BCUT2D eigenvalue weighted by atomic mass is 9.98. The van der Waals surface area contributed by atoms with Crippen molar-refractivity contribution in [3.8, 4) is 11.5 Å². The van der Waals surface area contributed by atoms with Crippen LogP contribution in [0.4, 0.5) is 4.39 Å². The molecular weight excluding hydrogens is 269 g/mol. The Morgan fingerprint density at radius 3 is 2.14 bits per heavy atom. The summed E-state index contributed by atoms with van der Waals surface area (Å²) in [7, 11) is 3.15. The Balaban J connectivity index is 2.37. The fourth-order valence-electron chi connectivity index (χ4n) is 2.28. The molecule has 0 saturated heterocycles. The lowest BCUT2D eigenvalue weighted by Gasteiger charge is -2.20. The molecule has 0 aromatic heterocycles. The lowest BCUT2D eigenvalue weighted by Crippen LogP contribution is -2.23. The van der Waals surface area contributed by atoms with Gasteiger partial charge in [0, 0.05) is 11.6 Å².